The van der Waals surface area contributed by atoms with Gasteiger partial charge in [-0.3, -0.25) is 14.2 Å². The monoisotopic (exact) mass is 334 g/mol. The summed E-state index contributed by atoms with van der Waals surface area (Å²) in [7, 11) is 0. The molecule has 0 aliphatic rings. The molecule has 0 radical (unpaired) electrons. The summed E-state index contributed by atoms with van der Waals surface area (Å²) in [4.78, 5) is 22.1. The second-order valence-corrected chi connectivity index (χ2v) is 6.15. The van der Waals surface area contributed by atoms with E-state index in [1.165, 1.54) is 11.3 Å². The first-order valence-electron chi connectivity index (χ1n) is 7.51. The van der Waals surface area contributed by atoms with E-state index in [4.69, 9.17) is 0 Å². The summed E-state index contributed by atoms with van der Waals surface area (Å²) in [6, 6.07) is 13.6. The fourth-order valence-electron chi connectivity index (χ4n) is 2.58. The van der Waals surface area contributed by atoms with Gasteiger partial charge in [-0.2, -0.15) is 0 Å². The summed E-state index contributed by atoms with van der Waals surface area (Å²) in [6.45, 7) is 0.470. The highest BCUT2D eigenvalue weighted by Gasteiger charge is 2.20. The van der Waals surface area contributed by atoms with Crippen molar-refractivity contribution in [2.45, 2.75) is 6.54 Å². The number of aromatic nitrogens is 3. The van der Waals surface area contributed by atoms with Gasteiger partial charge in [-0.15, -0.1) is 11.3 Å². The number of rotatable bonds is 4. The van der Waals surface area contributed by atoms with E-state index in [1.54, 1.807) is 12.4 Å². The Morgan fingerprint density at radius 3 is 2.83 bits per heavy atom. The van der Waals surface area contributed by atoms with E-state index in [1.807, 2.05) is 58.4 Å². The van der Waals surface area contributed by atoms with Crippen LogP contribution in [0.1, 0.15) is 16.1 Å². The minimum absolute atomic E-state index is 0.186. The van der Waals surface area contributed by atoms with Crippen molar-refractivity contribution in [1.29, 1.82) is 0 Å². The topological polar surface area (TPSA) is 59.3 Å². The van der Waals surface area contributed by atoms with E-state index in [0.29, 0.717) is 12.2 Å². The average Bonchev–Trinajstić information content (AvgIpc) is 3.22. The predicted octanol–water partition coefficient (Wildman–Crippen LogP) is 3.39. The van der Waals surface area contributed by atoms with Crippen LogP contribution in [-0.2, 0) is 6.54 Å². The van der Waals surface area contributed by atoms with Crippen LogP contribution in [0.3, 0.4) is 0 Å². The van der Waals surface area contributed by atoms with Gasteiger partial charge < -0.3 is 5.32 Å². The van der Waals surface area contributed by atoms with E-state index in [-0.39, 0.29) is 5.91 Å². The van der Waals surface area contributed by atoms with Gasteiger partial charge in [-0.25, -0.2) is 4.98 Å². The van der Waals surface area contributed by atoms with Crippen molar-refractivity contribution in [3.63, 3.8) is 0 Å². The Bertz CT molecular complexity index is 976. The second-order valence-electron chi connectivity index (χ2n) is 5.27. The number of hydrogen-bond acceptors (Lipinski definition) is 4. The van der Waals surface area contributed by atoms with Gasteiger partial charge in [0.2, 0.25) is 0 Å². The van der Waals surface area contributed by atoms with Crippen LogP contribution < -0.4 is 5.32 Å². The number of carbonyl (C=O) groups excluding carboxylic acids is 1. The van der Waals surface area contributed by atoms with Gasteiger partial charge in [-0.1, -0.05) is 30.3 Å². The minimum atomic E-state index is -0.186. The van der Waals surface area contributed by atoms with Crippen molar-refractivity contribution in [2.24, 2.45) is 0 Å². The average molecular weight is 334 g/mol. The lowest BCUT2D eigenvalue weighted by Gasteiger charge is -2.06. The normalized spacial score (nSPS) is 10.8. The molecule has 1 amide bonds. The fraction of sp³-hybridized carbons (Fsp3) is 0.0556. The lowest BCUT2D eigenvalue weighted by atomic mass is 10.1. The first kappa shape index (κ1) is 14.6. The van der Waals surface area contributed by atoms with Crippen molar-refractivity contribution < 1.29 is 4.79 Å². The number of amides is 1. The molecule has 1 aromatic carbocycles. The van der Waals surface area contributed by atoms with Crippen molar-refractivity contribution in [3.8, 4) is 11.3 Å². The maximum atomic E-state index is 12.7. The Hall–Kier alpha value is -2.99. The first-order chi connectivity index (χ1) is 11.8. The number of fused-ring (bicyclic) bond motifs is 1. The fourth-order valence-corrected chi connectivity index (χ4v) is 3.30. The third-order valence-corrected chi connectivity index (χ3v) is 4.46. The Morgan fingerprint density at radius 2 is 2.04 bits per heavy atom. The van der Waals surface area contributed by atoms with Crippen molar-refractivity contribution in [2.75, 3.05) is 0 Å². The summed E-state index contributed by atoms with van der Waals surface area (Å²) >= 11 is 1.50. The number of pyridine rings is 1. The lowest BCUT2D eigenvalue weighted by molar-refractivity contribution is 0.0947. The van der Waals surface area contributed by atoms with Gasteiger partial charge in [0.1, 0.15) is 0 Å². The molecule has 4 rings (SSSR count). The quantitative estimate of drug-likeness (QED) is 0.622. The second kappa shape index (κ2) is 6.25. The van der Waals surface area contributed by atoms with Gasteiger partial charge in [-0.05, 0) is 17.7 Å². The zero-order valence-electron chi connectivity index (χ0n) is 12.7. The number of nitrogens with one attached hydrogen (secondary N) is 1. The maximum Gasteiger partial charge on any atom is 0.272 e. The molecular formula is C18H14N4OS. The highest BCUT2D eigenvalue weighted by atomic mass is 32.1. The Balaban J connectivity index is 1.68. The summed E-state index contributed by atoms with van der Waals surface area (Å²) in [6.07, 6.45) is 5.38. The predicted molar refractivity (Wildman–Crippen MR) is 93.9 cm³/mol. The molecule has 1 N–H and O–H groups in total. The van der Waals surface area contributed by atoms with Crippen LogP contribution in [0.4, 0.5) is 0 Å². The zero-order chi connectivity index (χ0) is 16.4. The summed E-state index contributed by atoms with van der Waals surface area (Å²) in [5.74, 6) is -0.186. The van der Waals surface area contributed by atoms with E-state index in [9.17, 15) is 4.79 Å². The number of hydrogen-bond donors (Lipinski definition) is 1. The van der Waals surface area contributed by atoms with E-state index >= 15 is 0 Å². The molecule has 0 fully saturated rings. The molecular weight excluding hydrogens is 320 g/mol. The number of benzene rings is 1. The molecule has 0 spiro atoms. The highest BCUT2D eigenvalue weighted by molar-refractivity contribution is 7.15. The molecule has 6 heteroatoms. The van der Waals surface area contributed by atoms with Gasteiger partial charge in [0.15, 0.2) is 10.7 Å². The van der Waals surface area contributed by atoms with Crippen LogP contribution in [-0.4, -0.2) is 20.3 Å². The zero-order valence-corrected chi connectivity index (χ0v) is 13.5. The molecule has 118 valence electrons. The summed E-state index contributed by atoms with van der Waals surface area (Å²) in [5, 5.41) is 4.90. The number of carbonyl (C=O) groups is 1. The Morgan fingerprint density at radius 1 is 1.17 bits per heavy atom. The standard InChI is InChI=1S/C18H14N4OS/c23-17(20-11-13-5-2-1-3-6-13)15-16(14-7-4-8-19-12-14)22-9-10-24-18(22)21-15/h1-10,12H,11H2,(H,20,23). The first-order valence-corrected chi connectivity index (χ1v) is 8.39. The molecule has 0 saturated carbocycles. The van der Waals surface area contributed by atoms with Gasteiger partial charge in [0.05, 0.1) is 5.69 Å². The largest absolute Gasteiger partial charge is 0.347 e. The van der Waals surface area contributed by atoms with Crippen LogP contribution in [0.15, 0.2) is 66.4 Å². The van der Waals surface area contributed by atoms with Gasteiger partial charge >= 0.3 is 0 Å². The third-order valence-electron chi connectivity index (χ3n) is 3.71. The molecule has 5 nitrogen and oxygen atoms in total. The SMILES string of the molecule is O=C(NCc1ccccc1)c1nc2sccn2c1-c1cccnc1. The smallest absolute Gasteiger partial charge is 0.272 e. The molecule has 0 saturated heterocycles. The Labute approximate surface area is 142 Å². The number of nitrogens with zero attached hydrogens (tertiary/aromatic N) is 3. The van der Waals surface area contributed by atoms with E-state index in [0.717, 1.165) is 21.8 Å². The number of imidazole rings is 1. The molecule has 0 atom stereocenters. The molecule has 3 heterocycles. The van der Waals surface area contributed by atoms with Crippen molar-refractivity contribution in [3.05, 3.63) is 77.7 Å². The lowest BCUT2D eigenvalue weighted by Crippen LogP contribution is -2.23. The highest BCUT2D eigenvalue weighted by Crippen LogP contribution is 2.27. The van der Waals surface area contributed by atoms with Crippen LogP contribution in [0, 0.1) is 0 Å². The van der Waals surface area contributed by atoms with Crippen LogP contribution >= 0.6 is 11.3 Å². The molecule has 0 aliphatic heterocycles. The Kier molecular flexibility index (Phi) is 3.80. The van der Waals surface area contributed by atoms with Crippen LogP contribution in [0.25, 0.3) is 16.2 Å². The summed E-state index contributed by atoms with van der Waals surface area (Å²) < 4.78 is 1.93. The molecule has 24 heavy (non-hydrogen) atoms. The summed E-state index contributed by atoms with van der Waals surface area (Å²) in [5.41, 5.74) is 3.11. The van der Waals surface area contributed by atoms with Crippen LogP contribution in [0.5, 0.6) is 0 Å². The van der Waals surface area contributed by atoms with E-state index < -0.39 is 0 Å². The molecule has 0 bridgehead atoms. The molecule has 0 aliphatic carbocycles. The van der Waals surface area contributed by atoms with Crippen molar-refractivity contribution in [1.82, 2.24) is 19.7 Å². The third kappa shape index (κ3) is 2.68. The van der Waals surface area contributed by atoms with Crippen molar-refractivity contribution >= 4 is 22.2 Å². The molecule has 0 unspecified atom stereocenters. The molecule has 3 aromatic heterocycles. The minimum Gasteiger partial charge on any atom is -0.347 e. The van der Waals surface area contributed by atoms with Gasteiger partial charge in [0, 0.05) is 36.1 Å². The van der Waals surface area contributed by atoms with Crippen LogP contribution in [0.2, 0.25) is 0 Å². The maximum absolute atomic E-state index is 12.7. The number of thiazole rings is 1. The molecule has 4 aromatic rings. The van der Waals surface area contributed by atoms with E-state index in [2.05, 4.69) is 15.3 Å². The van der Waals surface area contributed by atoms with Gasteiger partial charge in [0.25, 0.3) is 5.91 Å².